The first kappa shape index (κ1) is 13.3. The van der Waals surface area contributed by atoms with Gasteiger partial charge in [-0.15, -0.1) is 0 Å². The van der Waals surface area contributed by atoms with Crippen LogP contribution in [0.3, 0.4) is 0 Å². The molecule has 4 nitrogen and oxygen atoms in total. The maximum absolute atomic E-state index is 11.9. The van der Waals surface area contributed by atoms with Gasteiger partial charge in [-0.1, -0.05) is 18.5 Å². The fraction of sp³-hybridized carbons (Fsp3) is 0.538. The highest BCUT2D eigenvalue weighted by atomic mass is 35.5. The zero-order chi connectivity index (χ0) is 13.2. The molecule has 2 N–H and O–H groups in total. The Balaban J connectivity index is 2.01. The number of halogens is 1. The first-order valence-corrected chi connectivity index (χ1v) is 6.57. The van der Waals surface area contributed by atoms with Gasteiger partial charge in [-0.3, -0.25) is 4.79 Å². The van der Waals surface area contributed by atoms with Crippen LogP contribution in [0.15, 0.2) is 12.1 Å². The van der Waals surface area contributed by atoms with E-state index in [9.17, 15) is 9.90 Å². The van der Waals surface area contributed by atoms with Crippen molar-refractivity contribution >= 4 is 17.5 Å². The highest BCUT2D eigenvalue weighted by Crippen LogP contribution is 2.30. The lowest BCUT2D eigenvalue weighted by atomic mass is 9.80. The number of aliphatic hydroxyl groups is 1. The number of hydrogen-bond donors (Lipinski definition) is 2. The van der Waals surface area contributed by atoms with Crippen molar-refractivity contribution in [3.8, 4) is 0 Å². The van der Waals surface area contributed by atoms with Gasteiger partial charge in [0.1, 0.15) is 5.15 Å². The van der Waals surface area contributed by atoms with Crippen molar-refractivity contribution in [3.63, 3.8) is 0 Å². The Morgan fingerprint density at radius 3 is 2.83 bits per heavy atom. The molecule has 5 heteroatoms. The second kappa shape index (κ2) is 5.24. The monoisotopic (exact) mass is 268 g/mol. The van der Waals surface area contributed by atoms with E-state index in [1.54, 1.807) is 12.1 Å². The third-order valence-corrected chi connectivity index (χ3v) is 3.53. The van der Waals surface area contributed by atoms with Crippen LogP contribution in [0.25, 0.3) is 0 Å². The molecule has 0 radical (unpaired) electrons. The largest absolute Gasteiger partial charge is 0.388 e. The molecule has 0 atom stereocenters. The third kappa shape index (κ3) is 3.00. The van der Waals surface area contributed by atoms with Crippen LogP contribution in [0, 0.1) is 0 Å². The van der Waals surface area contributed by atoms with Crippen LogP contribution in [-0.2, 0) is 6.42 Å². The number of amides is 1. The van der Waals surface area contributed by atoms with Gasteiger partial charge in [-0.05, 0) is 37.8 Å². The highest BCUT2D eigenvalue weighted by molar-refractivity contribution is 6.29. The van der Waals surface area contributed by atoms with Crippen molar-refractivity contribution in [1.82, 2.24) is 10.3 Å². The maximum Gasteiger partial charge on any atom is 0.251 e. The van der Waals surface area contributed by atoms with Crippen molar-refractivity contribution in [1.29, 1.82) is 0 Å². The smallest absolute Gasteiger partial charge is 0.251 e. The van der Waals surface area contributed by atoms with Gasteiger partial charge in [0.25, 0.3) is 5.91 Å². The standard InChI is InChI=1S/C13H17ClN2O2/c1-2-10-6-9(7-11(14)16-10)12(17)15-8-13(18)4-3-5-13/h6-7,18H,2-5,8H2,1H3,(H,15,17). The summed E-state index contributed by atoms with van der Waals surface area (Å²) in [6.45, 7) is 2.25. The first-order valence-electron chi connectivity index (χ1n) is 6.19. The molecule has 0 spiro atoms. The zero-order valence-electron chi connectivity index (χ0n) is 10.4. The molecule has 0 saturated heterocycles. The van der Waals surface area contributed by atoms with Gasteiger partial charge in [0.2, 0.25) is 0 Å². The Labute approximate surface area is 111 Å². The SMILES string of the molecule is CCc1cc(C(=O)NCC2(O)CCC2)cc(Cl)n1. The van der Waals surface area contributed by atoms with Gasteiger partial charge in [-0.25, -0.2) is 4.98 Å². The Kier molecular flexibility index (Phi) is 3.88. The number of aromatic nitrogens is 1. The van der Waals surface area contributed by atoms with Crippen LogP contribution in [0.5, 0.6) is 0 Å². The van der Waals surface area contributed by atoms with Gasteiger partial charge in [0.05, 0.1) is 5.60 Å². The van der Waals surface area contributed by atoms with E-state index in [1.165, 1.54) is 0 Å². The lowest BCUT2D eigenvalue weighted by Crippen LogP contribution is -2.47. The molecular formula is C13H17ClN2O2. The van der Waals surface area contributed by atoms with Crippen molar-refractivity contribution in [3.05, 3.63) is 28.5 Å². The number of aryl methyl sites for hydroxylation is 1. The van der Waals surface area contributed by atoms with Crippen LogP contribution < -0.4 is 5.32 Å². The number of nitrogens with one attached hydrogen (secondary N) is 1. The Bertz CT molecular complexity index is 458. The number of pyridine rings is 1. The van der Waals surface area contributed by atoms with Crippen LogP contribution in [-0.4, -0.2) is 28.1 Å². The molecule has 0 unspecified atom stereocenters. The number of carbonyl (C=O) groups is 1. The molecule has 98 valence electrons. The van der Waals surface area contributed by atoms with E-state index in [1.807, 2.05) is 6.92 Å². The summed E-state index contributed by atoms with van der Waals surface area (Å²) < 4.78 is 0. The molecule has 1 aliphatic carbocycles. The predicted molar refractivity (Wildman–Crippen MR) is 69.8 cm³/mol. The second-order valence-corrected chi connectivity index (χ2v) is 5.17. The molecule has 2 rings (SSSR count). The van der Waals surface area contributed by atoms with Crippen molar-refractivity contribution < 1.29 is 9.90 Å². The zero-order valence-corrected chi connectivity index (χ0v) is 11.1. The molecule has 1 heterocycles. The fourth-order valence-corrected chi connectivity index (χ4v) is 2.20. The van der Waals surface area contributed by atoms with Gasteiger partial charge >= 0.3 is 0 Å². The van der Waals surface area contributed by atoms with Crippen molar-refractivity contribution in [2.75, 3.05) is 6.54 Å². The predicted octanol–water partition coefficient (Wildman–Crippen LogP) is 1.94. The molecule has 1 saturated carbocycles. The topological polar surface area (TPSA) is 62.2 Å². The number of nitrogens with zero attached hydrogens (tertiary/aromatic N) is 1. The summed E-state index contributed by atoms with van der Waals surface area (Å²) >= 11 is 5.86. The molecule has 1 aromatic heterocycles. The maximum atomic E-state index is 11.9. The molecule has 0 aromatic carbocycles. The number of rotatable bonds is 4. The average molecular weight is 269 g/mol. The van der Waals surface area contributed by atoms with E-state index in [4.69, 9.17) is 11.6 Å². The minimum atomic E-state index is -0.708. The first-order chi connectivity index (χ1) is 8.52. The third-order valence-electron chi connectivity index (χ3n) is 3.33. The van der Waals surface area contributed by atoms with E-state index in [0.29, 0.717) is 17.3 Å². The minimum Gasteiger partial charge on any atom is -0.388 e. The molecule has 1 aliphatic rings. The molecule has 1 fully saturated rings. The van der Waals surface area contributed by atoms with E-state index in [-0.39, 0.29) is 5.91 Å². The van der Waals surface area contributed by atoms with E-state index < -0.39 is 5.60 Å². The van der Waals surface area contributed by atoms with E-state index >= 15 is 0 Å². The Hall–Kier alpha value is -1.13. The average Bonchev–Trinajstić information content (AvgIpc) is 2.32. The van der Waals surface area contributed by atoms with Gasteiger partial charge < -0.3 is 10.4 Å². The quantitative estimate of drug-likeness (QED) is 0.821. The molecular weight excluding hydrogens is 252 g/mol. The molecule has 1 amide bonds. The molecule has 0 bridgehead atoms. The number of carbonyl (C=O) groups excluding carboxylic acids is 1. The summed E-state index contributed by atoms with van der Waals surface area (Å²) in [7, 11) is 0. The summed E-state index contributed by atoms with van der Waals surface area (Å²) in [6.07, 6.45) is 3.26. The Morgan fingerprint density at radius 2 is 2.28 bits per heavy atom. The van der Waals surface area contributed by atoms with E-state index in [0.717, 1.165) is 31.4 Å². The molecule has 1 aromatic rings. The van der Waals surface area contributed by atoms with Crippen LogP contribution in [0.2, 0.25) is 5.15 Å². The summed E-state index contributed by atoms with van der Waals surface area (Å²) in [5.41, 5.74) is 0.574. The van der Waals surface area contributed by atoms with E-state index in [2.05, 4.69) is 10.3 Å². The van der Waals surface area contributed by atoms with Crippen LogP contribution >= 0.6 is 11.6 Å². The molecule has 18 heavy (non-hydrogen) atoms. The normalized spacial score (nSPS) is 17.1. The fourth-order valence-electron chi connectivity index (χ4n) is 1.97. The summed E-state index contributed by atoms with van der Waals surface area (Å²) in [5.74, 6) is -0.214. The minimum absolute atomic E-state index is 0.214. The number of hydrogen-bond acceptors (Lipinski definition) is 3. The Morgan fingerprint density at radius 1 is 1.56 bits per heavy atom. The second-order valence-electron chi connectivity index (χ2n) is 4.78. The highest BCUT2D eigenvalue weighted by Gasteiger charge is 2.34. The molecule has 0 aliphatic heterocycles. The van der Waals surface area contributed by atoms with Crippen LogP contribution in [0.4, 0.5) is 0 Å². The van der Waals surface area contributed by atoms with Crippen LogP contribution in [0.1, 0.15) is 42.2 Å². The van der Waals surface area contributed by atoms with Gasteiger partial charge in [0.15, 0.2) is 0 Å². The summed E-state index contributed by atoms with van der Waals surface area (Å²) in [5, 5.41) is 13.0. The van der Waals surface area contributed by atoms with Crippen molar-refractivity contribution in [2.45, 2.75) is 38.2 Å². The van der Waals surface area contributed by atoms with Crippen molar-refractivity contribution in [2.24, 2.45) is 0 Å². The summed E-state index contributed by atoms with van der Waals surface area (Å²) in [6, 6.07) is 3.27. The lowest BCUT2D eigenvalue weighted by Gasteiger charge is -2.36. The van der Waals surface area contributed by atoms with Gasteiger partial charge in [-0.2, -0.15) is 0 Å². The summed E-state index contributed by atoms with van der Waals surface area (Å²) in [4.78, 5) is 16.1. The van der Waals surface area contributed by atoms with Gasteiger partial charge in [0, 0.05) is 17.8 Å². The lowest BCUT2D eigenvalue weighted by molar-refractivity contribution is -0.0300.